The Morgan fingerprint density at radius 3 is 2.80 bits per heavy atom. The van der Waals surface area contributed by atoms with Crippen LogP contribution in [0.2, 0.25) is 0 Å². The van der Waals surface area contributed by atoms with E-state index >= 15 is 0 Å². The molecule has 0 aliphatic heterocycles. The molecule has 0 aliphatic carbocycles. The standard InChI is InChI=1S/C19H26N6O5/c1-3-4-5-6-9-30-14-8-7-13(10-15(14)29-2)11-21-23-16(26)12-20-17-18(27)22-19(28)25-24-17/h7-8,10-11H,3-6,9,12H2,1-2H3,(H,20,24)(H,23,26)(H2,22,25,27,28)/b21-11+. The maximum absolute atomic E-state index is 11.8. The number of carbonyl (C=O) groups excluding carboxylic acids is 1. The first-order valence-electron chi connectivity index (χ1n) is 9.59. The van der Waals surface area contributed by atoms with Gasteiger partial charge in [0, 0.05) is 0 Å². The fourth-order valence-electron chi connectivity index (χ4n) is 2.44. The minimum Gasteiger partial charge on any atom is -0.493 e. The number of nitrogens with one attached hydrogen (secondary N) is 4. The van der Waals surface area contributed by atoms with Gasteiger partial charge in [0.1, 0.15) is 0 Å². The molecule has 30 heavy (non-hydrogen) atoms. The summed E-state index contributed by atoms with van der Waals surface area (Å²) in [7, 11) is 1.56. The molecule has 0 spiro atoms. The van der Waals surface area contributed by atoms with E-state index < -0.39 is 17.2 Å². The highest BCUT2D eigenvalue weighted by Crippen LogP contribution is 2.27. The number of benzene rings is 1. The maximum Gasteiger partial charge on any atom is 0.342 e. The molecule has 1 heterocycles. The second kappa shape index (κ2) is 12.0. The van der Waals surface area contributed by atoms with Crippen molar-refractivity contribution in [1.82, 2.24) is 20.6 Å². The maximum atomic E-state index is 11.8. The molecule has 0 unspecified atom stereocenters. The second-order valence-electron chi connectivity index (χ2n) is 6.32. The van der Waals surface area contributed by atoms with E-state index in [1.807, 2.05) is 4.98 Å². The van der Waals surface area contributed by atoms with E-state index in [4.69, 9.17) is 9.47 Å². The summed E-state index contributed by atoms with van der Waals surface area (Å²) < 4.78 is 11.1. The van der Waals surface area contributed by atoms with Crippen molar-refractivity contribution in [3.8, 4) is 11.5 Å². The van der Waals surface area contributed by atoms with Crippen molar-refractivity contribution in [2.45, 2.75) is 32.6 Å². The number of anilines is 1. The Hall–Kier alpha value is -3.63. The number of methoxy groups -OCH3 is 1. The zero-order valence-electron chi connectivity index (χ0n) is 17.0. The van der Waals surface area contributed by atoms with Crippen LogP contribution in [0.5, 0.6) is 11.5 Å². The lowest BCUT2D eigenvalue weighted by Gasteiger charge is -2.11. The molecule has 4 N–H and O–H groups in total. The normalized spacial score (nSPS) is 10.7. The molecule has 162 valence electrons. The lowest BCUT2D eigenvalue weighted by Crippen LogP contribution is -2.31. The average Bonchev–Trinajstić information content (AvgIpc) is 2.73. The minimum atomic E-state index is -0.733. The SMILES string of the molecule is CCCCCCOc1ccc(/C=N/NC(=O)CNc2n[nH]c(=O)[nH]c2=O)cc1OC. The highest BCUT2D eigenvalue weighted by Gasteiger charge is 2.06. The first kappa shape index (κ1) is 22.7. The van der Waals surface area contributed by atoms with Crippen molar-refractivity contribution in [2.24, 2.45) is 5.10 Å². The largest absolute Gasteiger partial charge is 0.493 e. The smallest absolute Gasteiger partial charge is 0.342 e. The number of carbonyl (C=O) groups is 1. The van der Waals surface area contributed by atoms with Crippen LogP contribution in [0.15, 0.2) is 32.9 Å². The van der Waals surface area contributed by atoms with Crippen molar-refractivity contribution in [3.63, 3.8) is 0 Å². The summed E-state index contributed by atoms with van der Waals surface area (Å²) in [6.07, 6.45) is 5.93. The summed E-state index contributed by atoms with van der Waals surface area (Å²) in [5.41, 5.74) is 1.57. The number of nitrogens with zero attached hydrogens (tertiary/aromatic N) is 2. The molecular formula is C19H26N6O5. The second-order valence-corrected chi connectivity index (χ2v) is 6.32. The summed E-state index contributed by atoms with van der Waals surface area (Å²) in [4.78, 5) is 36.2. The van der Waals surface area contributed by atoms with Crippen molar-refractivity contribution >= 4 is 17.9 Å². The number of rotatable bonds is 12. The summed E-state index contributed by atoms with van der Waals surface area (Å²) in [6.45, 7) is 2.53. The molecule has 11 heteroatoms. The number of amides is 1. The van der Waals surface area contributed by atoms with Gasteiger partial charge in [-0.1, -0.05) is 26.2 Å². The van der Waals surface area contributed by atoms with Gasteiger partial charge in [0.15, 0.2) is 11.5 Å². The molecule has 0 saturated carbocycles. The first-order chi connectivity index (χ1) is 14.5. The molecule has 0 bridgehead atoms. The third kappa shape index (κ3) is 7.41. The Bertz CT molecular complexity index is 968. The molecule has 0 saturated heterocycles. The topological polar surface area (TPSA) is 151 Å². The van der Waals surface area contributed by atoms with Crippen molar-refractivity contribution in [3.05, 3.63) is 44.6 Å². The van der Waals surface area contributed by atoms with Gasteiger partial charge in [0.2, 0.25) is 5.82 Å². The van der Waals surface area contributed by atoms with E-state index in [9.17, 15) is 14.4 Å². The van der Waals surface area contributed by atoms with E-state index in [2.05, 4.69) is 33.0 Å². The van der Waals surface area contributed by atoms with Crippen LogP contribution in [-0.2, 0) is 4.79 Å². The number of H-pyrrole nitrogens is 2. The van der Waals surface area contributed by atoms with Crippen molar-refractivity contribution in [2.75, 3.05) is 25.6 Å². The summed E-state index contributed by atoms with van der Waals surface area (Å²) in [5.74, 6) is 0.546. The van der Waals surface area contributed by atoms with E-state index in [-0.39, 0.29) is 12.4 Å². The highest BCUT2D eigenvalue weighted by atomic mass is 16.5. The molecule has 11 nitrogen and oxygen atoms in total. The average molecular weight is 418 g/mol. The summed E-state index contributed by atoms with van der Waals surface area (Å²) in [5, 5.41) is 11.9. The van der Waals surface area contributed by atoms with Crippen LogP contribution in [0, 0.1) is 0 Å². The lowest BCUT2D eigenvalue weighted by atomic mass is 10.2. The Labute approximate surface area is 172 Å². The minimum absolute atomic E-state index is 0.177. The molecule has 0 aliphatic rings. The highest BCUT2D eigenvalue weighted by molar-refractivity contribution is 5.84. The van der Waals surface area contributed by atoms with E-state index in [1.165, 1.54) is 19.1 Å². The number of hydrogen-bond acceptors (Lipinski definition) is 8. The number of unbranched alkanes of at least 4 members (excludes halogenated alkanes) is 3. The Balaban J connectivity index is 1.83. The predicted octanol–water partition coefficient (Wildman–Crippen LogP) is 0.988. The molecule has 1 amide bonds. The first-order valence-corrected chi connectivity index (χ1v) is 9.59. The van der Waals surface area contributed by atoms with E-state index in [0.29, 0.717) is 23.7 Å². The van der Waals surface area contributed by atoms with Gasteiger partial charge in [0.25, 0.3) is 11.5 Å². The van der Waals surface area contributed by atoms with Crippen molar-refractivity contribution in [1.29, 1.82) is 0 Å². The third-order valence-corrected chi connectivity index (χ3v) is 3.97. The number of hydrogen-bond donors (Lipinski definition) is 4. The molecule has 0 radical (unpaired) electrons. The van der Waals surface area contributed by atoms with Gasteiger partial charge in [-0.2, -0.15) is 5.10 Å². The Morgan fingerprint density at radius 1 is 1.23 bits per heavy atom. The van der Waals surface area contributed by atoms with Gasteiger partial charge < -0.3 is 14.8 Å². The fraction of sp³-hybridized carbons (Fsp3) is 0.421. The van der Waals surface area contributed by atoms with Crippen LogP contribution in [0.1, 0.15) is 38.2 Å². The monoisotopic (exact) mass is 418 g/mol. The molecular weight excluding hydrogens is 392 g/mol. The number of aromatic nitrogens is 3. The predicted molar refractivity (Wildman–Crippen MR) is 112 cm³/mol. The molecule has 2 rings (SSSR count). The number of hydrazone groups is 1. The Morgan fingerprint density at radius 2 is 2.07 bits per heavy atom. The zero-order valence-corrected chi connectivity index (χ0v) is 17.0. The van der Waals surface area contributed by atoms with Gasteiger partial charge in [0.05, 0.1) is 26.5 Å². The van der Waals surface area contributed by atoms with E-state index in [1.54, 1.807) is 25.3 Å². The van der Waals surface area contributed by atoms with Crippen LogP contribution in [0.3, 0.4) is 0 Å². The third-order valence-electron chi connectivity index (χ3n) is 3.97. The van der Waals surface area contributed by atoms with Gasteiger partial charge in [-0.3, -0.25) is 14.6 Å². The number of aromatic amines is 2. The van der Waals surface area contributed by atoms with Gasteiger partial charge in [-0.25, -0.2) is 15.3 Å². The Kier molecular flexibility index (Phi) is 9.10. The van der Waals surface area contributed by atoms with Gasteiger partial charge in [-0.05, 0) is 30.2 Å². The fourth-order valence-corrected chi connectivity index (χ4v) is 2.44. The quantitative estimate of drug-likeness (QED) is 0.228. The summed E-state index contributed by atoms with van der Waals surface area (Å²) in [6, 6.07) is 5.33. The van der Waals surface area contributed by atoms with Gasteiger partial charge >= 0.3 is 5.69 Å². The van der Waals surface area contributed by atoms with Crippen molar-refractivity contribution < 1.29 is 14.3 Å². The molecule has 2 aromatic rings. The molecule has 1 aromatic heterocycles. The van der Waals surface area contributed by atoms with E-state index in [0.717, 1.165) is 12.8 Å². The number of ether oxygens (including phenoxy) is 2. The van der Waals surface area contributed by atoms with Crippen LogP contribution in [-0.4, -0.2) is 47.6 Å². The molecule has 0 fully saturated rings. The summed E-state index contributed by atoms with van der Waals surface area (Å²) >= 11 is 0. The van der Waals surface area contributed by atoms with Crippen LogP contribution < -0.4 is 31.5 Å². The van der Waals surface area contributed by atoms with Crippen LogP contribution >= 0.6 is 0 Å². The van der Waals surface area contributed by atoms with Gasteiger partial charge in [-0.15, -0.1) is 5.10 Å². The molecule has 0 atom stereocenters. The lowest BCUT2D eigenvalue weighted by molar-refractivity contribution is -0.119. The van der Waals surface area contributed by atoms with Crippen LogP contribution in [0.25, 0.3) is 0 Å². The molecule has 1 aromatic carbocycles. The zero-order chi connectivity index (χ0) is 21.8. The van der Waals surface area contributed by atoms with Crippen LogP contribution in [0.4, 0.5) is 5.82 Å².